The average molecular weight is 306 g/mol. The summed E-state index contributed by atoms with van der Waals surface area (Å²) in [5.41, 5.74) is 5.17. The molecule has 0 fully saturated rings. The van der Waals surface area contributed by atoms with E-state index in [0.29, 0.717) is 0 Å². The summed E-state index contributed by atoms with van der Waals surface area (Å²) in [7, 11) is 3.05. The minimum atomic E-state index is -1.13. The second kappa shape index (κ2) is 8.86. The van der Waals surface area contributed by atoms with Gasteiger partial charge in [-0.1, -0.05) is 31.2 Å². The molecule has 0 saturated heterocycles. The lowest BCUT2D eigenvalue weighted by Crippen LogP contribution is -2.10. The molecule has 4 heteroatoms. The molecular weight excluding hydrogens is 279 g/mol. The Hall–Kier alpha value is -1.31. The number of nitrogens with one attached hydrogen (secondary N) is 1. The maximum absolute atomic E-state index is 9.63. The predicted molar refractivity (Wildman–Crippen MR) is 93.8 cm³/mol. The Morgan fingerprint density at radius 1 is 1.10 bits per heavy atom. The highest BCUT2D eigenvalue weighted by Crippen LogP contribution is 2.20. The molecule has 1 heterocycles. The average Bonchev–Trinajstić information content (AvgIpc) is 2.87. The SMILES string of the molecule is CCc1c[nH]c(-c2ccc(CN(C)C)cc2)c1.C[PH](C)=O. The molecule has 1 aromatic heterocycles. The number of benzene rings is 1. The second-order valence-electron chi connectivity index (χ2n) is 5.62. The fraction of sp³-hybridized carbons (Fsp3) is 0.412. The number of aryl methyl sites for hydroxylation is 1. The topological polar surface area (TPSA) is 36.1 Å². The molecule has 116 valence electrons. The van der Waals surface area contributed by atoms with Gasteiger partial charge in [-0.15, -0.1) is 0 Å². The van der Waals surface area contributed by atoms with Crippen LogP contribution in [0.2, 0.25) is 0 Å². The van der Waals surface area contributed by atoms with Crippen molar-refractivity contribution in [3.05, 3.63) is 47.7 Å². The molecule has 0 amide bonds. The molecule has 0 aliphatic heterocycles. The zero-order chi connectivity index (χ0) is 15.8. The first-order valence-corrected chi connectivity index (χ1v) is 9.71. The quantitative estimate of drug-likeness (QED) is 0.863. The van der Waals surface area contributed by atoms with Gasteiger partial charge in [-0.05, 0) is 56.6 Å². The Labute approximate surface area is 129 Å². The van der Waals surface area contributed by atoms with Gasteiger partial charge in [0.05, 0.1) is 7.80 Å². The van der Waals surface area contributed by atoms with Crippen molar-refractivity contribution >= 4 is 7.80 Å². The smallest absolute Gasteiger partial charge is 0.0703 e. The third-order valence-corrected chi connectivity index (χ3v) is 2.91. The summed E-state index contributed by atoms with van der Waals surface area (Å²) in [4.78, 5) is 5.50. The third kappa shape index (κ3) is 6.79. The minimum absolute atomic E-state index is 0.991. The number of aromatic nitrogens is 1. The molecule has 2 aromatic rings. The molecular formula is C17H27N2OP. The Morgan fingerprint density at radius 3 is 2.10 bits per heavy atom. The molecule has 2 rings (SSSR count). The van der Waals surface area contributed by atoms with Crippen molar-refractivity contribution in [3.8, 4) is 11.3 Å². The van der Waals surface area contributed by atoms with Gasteiger partial charge in [-0.2, -0.15) is 0 Å². The molecule has 0 radical (unpaired) electrons. The van der Waals surface area contributed by atoms with Crippen LogP contribution in [-0.2, 0) is 17.5 Å². The lowest BCUT2D eigenvalue weighted by Gasteiger charge is -2.09. The highest BCUT2D eigenvalue weighted by molar-refractivity contribution is 7.42. The maximum atomic E-state index is 9.63. The van der Waals surface area contributed by atoms with Crippen LogP contribution in [-0.4, -0.2) is 37.3 Å². The first-order valence-electron chi connectivity index (χ1n) is 7.31. The Balaban J connectivity index is 0.000000491. The molecule has 1 N–H and O–H groups in total. The van der Waals surface area contributed by atoms with Crippen molar-refractivity contribution in [1.82, 2.24) is 9.88 Å². The minimum Gasteiger partial charge on any atom is -0.361 e. The number of aromatic amines is 1. The van der Waals surface area contributed by atoms with Crippen LogP contribution in [0.25, 0.3) is 11.3 Å². The van der Waals surface area contributed by atoms with Crippen LogP contribution in [0.1, 0.15) is 18.1 Å². The van der Waals surface area contributed by atoms with E-state index in [4.69, 9.17) is 0 Å². The van der Waals surface area contributed by atoms with Crippen LogP contribution < -0.4 is 0 Å². The molecule has 3 nitrogen and oxygen atoms in total. The Kier molecular flexibility index (Phi) is 7.49. The largest absolute Gasteiger partial charge is 0.361 e. The number of hydrogen-bond donors (Lipinski definition) is 1. The van der Waals surface area contributed by atoms with E-state index in [2.05, 4.69) is 67.4 Å². The number of nitrogens with zero attached hydrogens (tertiary/aromatic N) is 1. The van der Waals surface area contributed by atoms with Gasteiger partial charge in [0.1, 0.15) is 0 Å². The number of hydrogen-bond acceptors (Lipinski definition) is 2. The summed E-state index contributed by atoms with van der Waals surface area (Å²) < 4.78 is 9.63. The molecule has 0 bridgehead atoms. The fourth-order valence-corrected chi connectivity index (χ4v) is 1.96. The zero-order valence-corrected chi connectivity index (χ0v) is 14.7. The van der Waals surface area contributed by atoms with E-state index in [0.717, 1.165) is 13.0 Å². The van der Waals surface area contributed by atoms with Crippen LogP contribution >= 0.6 is 7.80 Å². The van der Waals surface area contributed by atoms with Crippen LogP contribution in [0.15, 0.2) is 36.5 Å². The standard InChI is InChI=1S/C15H20N2.C2H7OP/c1-4-12-9-15(16-10-12)14-7-5-13(6-8-14)11-17(2)3;1-4(2)3/h5-10,16H,4,11H2,1-3H3;4H,1-2H3. The van der Waals surface area contributed by atoms with Crippen LogP contribution in [0.5, 0.6) is 0 Å². The van der Waals surface area contributed by atoms with E-state index in [1.807, 2.05) is 0 Å². The Bertz CT molecular complexity index is 554. The van der Waals surface area contributed by atoms with Crippen molar-refractivity contribution < 1.29 is 4.57 Å². The summed E-state index contributed by atoms with van der Waals surface area (Å²) in [6.45, 7) is 6.59. The second-order valence-corrected chi connectivity index (χ2v) is 7.43. The van der Waals surface area contributed by atoms with E-state index in [9.17, 15) is 4.57 Å². The van der Waals surface area contributed by atoms with Gasteiger partial charge in [0.25, 0.3) is 0 Å². The number of rotatable bonds is 4. The highest BCUT2D eigenvalue weighted by Gasteiger charge is 2.01. The molecule has 0 unspecified atom stereocenters. The van der Waals surface area contributed by atoms with Crippen LogP contribution in [0.4, 0.5) is 0 Å². The molecule has 1 aromatic carbocycles. The van der Waals surface area contributed by atoms with E-state index >= 15 is 0 Å². The van der Waals surface area contributed by atoms with Gasteiger partial charge in [0.2, 0.25) is 0 Å². The molecule has 0 spiro atoms. The van der Waals surface area contributed by atoms with Crippen molar-refractivity contribution in [2.75, 3.05) is 27.4 Å². The zero-order valence-electron chi connectivity index (χ0n) is 13.7. The summed E-state index contributed by atoms with van der Waals surface area (Å²) in [5, 5.41) is 0. The summed E-state index contributed by atoms with van der Waals surface area (Å²) in [5.74, 6) is 0. The summed E-state index contributed by atoms with van der Waals surface area (Å²) >= 11 is 0. The molecule has 0 aliphatic rings. The van der Waals surface area contributed by atoms with Gasteiger partial charge in [-0.3, -0.25) is 0 Å². The van der Waals surface area contributed by atoms with E-state index in [1.165, 1.54) is 22.4 Å². The predicted octanol–water partition coefficient (Wildman–Crippen LogP) is 4.11. The van der Waals surface area contributed by atoms with Crippen molar-refractivity contribution in [2.24, 2.45) is 0 Å². The lowest BCUT2D eigenvalue weighted by atomic mass is 10.1. The summed E-state index contributed by atoms with van der Waals surface area (Å²) in [6, 6.07) is 11.0. The molecule has 0 aliphatic carbocycles. The van der Waals surface area contributed by atoms with E-state index in [1.54, 1.807) is 13.3 Å². The molecule has 21 heavy (non-hydrogen) atoms. The monoisotopic (exact) mass is 306 g/mol. The van der Waals surface area contributed by atoms with Gasteiger partial charge >= 0.3 is 0 Å². The van der Waals surface area contributed by atoms with E-state index in [-0.39, 0.29) is 0 Å². The summed E-state index contributed by atoms with van der Waals surface area (Å²) in [6.07, 6.45) is 3.16. The van der Waals surface area contributed by atoms with Crippen LogP contribution in [0, 0.1) is 0 Å². The normalized spacial score (nSPS) is 10.6. The van der Waals surface area contributed by atoms with Gasteiger partial charge in [0.15, 0.2) is 0 Å². The first-order chi connectivity index (χ1) is 9.92. The van der Waals surface area contributed by atoms with Crippen molar-refractivity contribution in [3.63, 3.8) is 0 Å². The Morgan fingerprint density at radius 2 is 1.67 bits per heavy atom. The number of H-pyrrole nitrogens is 1. The third-order valence-electron chi connectivity index (χ3n) is 2.91. The van der Waals surface area contributed by atoms with Crippen molar-refractivity contribution in [2.45, 2.75) is 19.9 Å². The van der Waals surface area contributed by atoms with Crippen LogP contribution in [0.3, 0.4) is 0 Å². The lowest BCUT2D eigenvalue weighted by molar-refractivity contribution is 0.402. The maximum Gasteiger partial charge on any atom is 0.0703 e. The first kappa shape index (κ1) is 17.7. The fourth-order valence-electron chi connectivity index (χ4n) is 1.96. The van der Waals surface area contributed by atoms with Crippen molar-refractivity contribution in [1.29, 1.82) is 0 Å². The van der Waals surface area contributed by atoms with E-state index < -0.39 is 7.80 Å². The van der Waals surface area contributed by atoms with Gasteiger partial charge in [0, 0.05) is 18.4 Å². The van der Waals surface area contributed by atoms with Gasteiger partial charge < -0.3 is 14.4 Å². The highest BCUT2D eigenvalue weighted by atomic mass is 31.1. The molecule has 0 saturated carbocycles. The molecule has 0 atom stereocenters. The van der Waals surface area contributed by atoms with Gasteiger partial charge in [-0.25, -0.2) is 0 Å².